The van der Waals surface area contributed by atoms with Crippen LogP contribution >= 0.6 is 0 Å². The fraction of sp³-hybridized carbons (Fsp3) is 0.286. The van der Waals surface area contributed by atoms with Gasteiger partial charge in [0, 0.05) is 12.6 Å². The van der Waals surface area contributed by atoms with Gasteiger partial charge in [0.15, 0.2) is 0 Å². The largest absolute Gasteiger partial charge is 0.497 e. The van der Waals surface area contributed by atoms with E-state index in [-0.39, 0.29) is 23.4 Å². The predicted molar refractivity (Wildman–Crippen MR) is 144 cm³/mol. The molecule has 3 aromatic rings. The van der Waals surface area contributed by atoms with Crippen molar-refractivity contribution in [1.82, 2.24) is 10.2 Å². The molecule has 1 atom stereocenters. The first kappa shape index (κ1) is 27.7. The lowest BCUT2D eigenvalue weighted by atomic mass is 10.1. The van der Waals surface area contributed by atoms with Crippen molar-refractivity contribution in [1.29, 1.82) is 0 Å². The molecule has 3 rings (SSSR count). The molecule has 1 unspecified atom stereocenters. The summed E-state index contributed by atoms with van der Waals surface area (Å²) >= 11 is 0. The number of carbonyl (C=O) groups is 2. The number of carbonyl (C=O) groups excluding carboxylic acids is 2. The first-order valence-corrected chi connectivity index (χ1v) is 13.4. The van der Waals surface area contributed by atoms with Crippen molar-refractivity contribution in [2.45, 2.75) is 44.3 Å². The van der Waals surface area contributed by atoms with Crippen LogP contribution in [0.15, 0.2) is 89.8 Å². The summed E-state index contributed by atoms with van der Waals surface area (Å²) in [7, 11) is -2.58. The Morgan fingerprint density at radius 2 is 1.43 bits per heavy atom. The Balaban J connectivity index is 2.01. The summed E-state index contributed by atoms with van der Waals surface area (Å²) in [4.78, 5) is 28.1. The number of methoxy groups -OCH3 is 1. The van der Waals surface area contributed by atoms with Crippen molar-refractivity contribution in [3.8, 4) is 5.75 Å². The number of amides is 2. The lowest BCUT2D eigenvalue weighted by Crippen LogP contribution is -2.52. The van der Waals surface area contributed by atoms with Gasteiger partial charge in [0.25, 0.3) is 10.0 Å². The molecule has 0 saturated carbocycles. The summed E-state index contributed by atoms with van der Waals surface area (Å²) in [5.41, 5.74) is 1.12. The topological polar surface area (TPSA) is 96.0 Å². The van der Waals surface area contributed by atoms with Gasteiger partial charge in [-0.05, 0) is 62.7 Å². The van der Waals surface area contributed by atoms with E-state index in [1.54, 1.807) is 49.4 Å². The molecule has 0 aliphatic rings. The van der Waals surface area contributed by atoms with Crippen LogP contribution in [0.1, 0.15) is 26.3 Å². The molecule has 1 N–H and O–H groups in total. The molecular formula is C28H33N3O5S. The first-order valence-electron chi connectivity index (χ1n) is 12.0. The Bertz CT molecular complexity index is 1280. The monoisotopic (exact) mass is 523 g/mol. The number of nitrogens with one attached hydrogen (secondary N) is 1. The number of benzene rings is 3. The van der Waals surface area contributed by atoms with E-state index in [1.165, 1.54) is 24.1 Å². The Morgan fingerprint density at radius 3 is 1.97 bits per heavy atom. The molecule has 0 saturated heterocycles. The number of hydrogen-bond acceptors (Lipinski definition) is 5. The van der Waals surface area contributed by atoms with Gasteiger partial charge in [-0.1, -0.05) is 48.5 Å². The van der Waals surface area contributed by atoms with Crippen molar-refractivity contribution >= 4 is 27.5 Å². The summed E-state index contributed by atoms with van der Waals surface area (Å²) in [6.45, 7) is 4.98. The predicted octanol–water partition coefficient (Wildman–Crippen LogP) is 3.83. The summed E-state index contributed by atoms with van der Waals surface area (Å²) in [5.74, 6) is -0.274. The SMILES string of the molecule is COc1ccc(N(CC(=O)N(Cc2ccccc2)C(C)C(=O)NC(C)C)S(=O)(=O)c2ccccc2)cc1. The van der Waals surface area contributed by atoms with Crippen LogP contribution in [0.5, 0.6) is 5.75 Å². The summed E-state index contributed by atoms with van der Waals surface area (Å²) in [5, 5.41) is 2.84. The van der Waals surface area contributed by atoms with E-state index in [0.29, 0.717) is 11.4 Å². The van der Waals surface area contributed by atoms with Crippen molar-refractivity contribution in [2.24, 2.45) is 0 Å². The third-order valence-corrected chi connectivity index (χ3v) is 7.55. The zero-order valence-electron chi connectivity index (χ0n) is 21.5. The minimum absolute atomic E-state index is 0.0545. The smallest absolute Gasteiger partial charge is 0.264 e. The molecule has 9 heteroatoms. The van der Waals surface area contributed by atoms with Gasteiger partial charge in [-0.25, -0.2) is 8.42 Å². The van der Waals surface area contributed by atoms with Gasteiger partial charge in [-0.2, -0.15) is 0 Å². The van der Waals surface area contributed by atoms with Crippen molar-refractivity contribution in [3.63, 3.8) is 0 Å². The Morgan fingerprint density at radius 1 is 0.865 bits per heavy atom. The average Bonchev–Trinajstić information content (AvgIpc) is 2.90. The molecule has 37 heavy (non-hydrogen) atoms. The highest BCUT2D eigenvalue weighted by Gasteiger charge is 2.32. The van der Waals surface area contributed by atoms with Gasteiger partial charge in [-0.15, -0.1) is 0 Å². The quantitative estimate of drug-likeness (QED) is 0.412. The average molecular weight is 524 g/mol. The Kier molecular flexibility index (Phi) is 9.30. The zero-order chi connectivity index (χ0) is 27.0. The molecule has 8 nitrogen and oxygen atoms in total. The fourth-order valence-electron chi connectivity index (χ4n) is 3.76. The summed E-state index contributed by atoms with van der Waals surface area (Å²) in [6.07, 6.45) is 0. The summed E-state index contributed by atoms with van der Waals surface area (Å²) < 4.78 is 33.7. The lowest BCUT2D eigenvalue weighted by molar-refractivity contribution is -0.139. The second-order valence-corrected chi connectivity index (χ2v) is 10.7. The maximum Gasteiger partial charge on any atom is 0.264 e. The van der Waals surface area contributed by atoms with Crippen LogP contribution in [-0.4, -0.2) is 50.9 Å². The molecule has 0 fully saturated rings. The van der Waals surface area contributed by atoms with Crippen LogP contribution in [0.25, 0.3) is 0 Å². The molecule has 0 bridgehead atoms. The van der Waals surface area contributed by atoms with E-state index < -0.39 is 28.5 Å². The van der Waals surface area contributed by atoms with Crippen LogP contribution in [0, 0.1) is 0 Å². The molecule has 0 aromatic heterocycles. The van der Waals surface area contributed by atoms with Crippen LogP contribution in [0.4, 0.5) is 5.69 Å². The van der Waals surface area contributed by atoms with Gasteiger partial charge in [-0.3, -0.25) is 13.9 Å². The van der Waals surface area contributed by atoms with Crippen molar-refractivity contribution in [2.75, 3.05) is 18.0 Å². The number of anilines is 1. The van der Waals surface area contributed by atoms with Crippen molar-refractivity contribution < 1.29 is 22.7 Å². The maximum absolute atomic E-state index is 13.8. The molecule has 2 amide bonds. The van der Waals surface area contributed by atoms with Crippen molar-refractivity contribution in [3.05, 3.63) is 90.5 Å². The van der Waals surface area contributed by atoms with Crippen LogP contribution in [-0.2, 0) is 26.2 Å². The van der Waals surface area contributed by atoms with Gasteiger partial charge >= 0.3 is 0 Å². The van der Waals surface area contributed by atoms with Crippen LogP contribution in [0.3, 0.4) is 0 Å². The molecule has 0 aliphatic carbocycles. The second-order valence-electron chi connectivity index (χ2n) is 8.87. The number of rotatable bonds is 11. The normalized spacial score (nSPS) is 12.0. The van der Waals surface area contributed by atoms with Gasteiger partial charge in [0.2, 0.25) is 11.8 Å². The summed E-state index contributed by atoms with van der Waals surface area (Å²) in [6, 6.07) is 22.7. The van der Waals surface area contributed by atoms with E-state index in [9.17, 15) is 18.0 Å². The minimum atomic E-state index is -4.10. The number of hydrogen-bond donors (Lipinski definition) is 1. The van der Waals surface area contributed by atoms with E-state index in [4.69, 9.17) is 4.74 Å². The standard InChI is InChI=1S/C28H33N3O5S/c1-21(2)29-28(33)22(3)30(19-23-11-7-5-8-12-23)27(32)20-31(24-15-17-25(36-4)18-16-24)37(34,35)26-13-9-6-10-14-26/h5-18,21-22H,19-20H2,1-4H3,(H,29,33). The zero-order valence-corrected chi connectivity index (χ0v) is 22.3. The van der Waals surface area contributed by atoms with E-state index in [2.05, 4.69) is 5.32 Å². The fourth-order valence-corrected chi connectivity index (χ4v) is 5.20. The number of sulfonamides is 1. The molecule has 0 spiro atoms. The molecular weight excluding hydrogens is 490 g/mol. The molecule has 0 radical (unpaired) electrons. The minimum Gasteiger partial charge on any atom is -0.497 e. The van der Waals surface area contributed by atoms with Gasteiger partial charge in [0.1, 0.15) is 18.3 Å². The Labute approximate surface area is 218 Å². The third kappa shape index (κ3) is 7.10. The molecule has 3 aromatic carbocycles. The van der Waals surface area contributed by atoms with Crippen LogP contribution < -0.4 is 14.4 Å². The highest BCUT2D eigenvalue weighted by molar-refractivity contribution is 7.92. The Hall–Kier alpha value is -3.85. The first-order chi connectivity index (χ1) is 17.6. The number of ether oxygens (including phenoxy) is 1. The maximum atomic E-state index is 13.8. The van der Waals surface area contributed by atoms with Gasteiger partial charge in [0.05, 0.1) is 17.7 Å². The van der Waals surface area contributed by atoms with Gasteiger partial charge < -0.3 is 15.0 Å². The lowest BCUT2D eigenvalue weighted by Gasteiger charge is -2.32. The van der Waals surface area contributed by atoms with E-state index in [0.717, 1.165) is 9.87 Å². The molecule has 196 valence electrons. The number of nitrogens with zero attached hydrogens (tertiary/aromatic N) is 2. The van der Waals surface area contributed by atoms with E-state index >= 15 is 0 Å². The van der Waals surface area contributed by atoms with E-state index in [1.807, 2.05) is 44.2 Å². The highest BCUT2D eigenvalue weighted by atomic mass is 32.2. The second kappa shape index (κ2) is 12.4. The highest BCUT2D eigenvalue weighted by Crippen LogP contribution is 2.26. The third-order valence-electron chi connectivity index (χ3n) is 5.76. The molecule has 0 heterocycles. The van der Waals surface area contributed by atoms with Crippen LogP contribution in [0.2, 0.25) is 0 Å². The molecule has 0 aliphatic heterocycles.